The van der Waals surface area contributed by atoms with Crippen molar-refractivity contribution in [1.29, 1.82) is 0 Å². The summed E-state index contributed by atoms with van der Waals surface area (Å²) in [7, 11) is -2.96. The van der Waals surface area contributed by atoms with Crippen LogP contribution in [0.1, 0.15) is 0 Å². The lowest BCUT2D eigenvalue weighted by atomic mass is 10.0. The van der Waals surface area contributed by atoms with Gasteiger partial charge in [0.1, 0.15) is 5.58 Å². The van der Waals surface area contributed by atoms with Crippen LogP contribution in [0.5, 0.6) is 0 Å². The van der Waals surface area contributed by atoms with Gasteiger partial charge in [0.05, 0.1) is 38.2 Å². The van der Waals surface area contributed by atoms with E-state index in [2.05, 4.69) is 188 Å². The summed E-state index contributed by atoms with van der Waals surface area (Å²) in [6, 6.07) is 54.0. The Morgan fingerprint density at radius 1 is 0.396 bits per heavy atom. The normalized spacial score (nSPS) is 12.7. The van der Waals surface area contributed by atoms with Crippen LogP contribution >= 0.6 is 0 Å². The Labute approximate surface area is 311 Å². The zero-order chi connectivity index (χ0) is 36.2. The molecule has 0 aliphatic rings. The summed E-state index contributed by atoms with van der Waals surface area (Å²) in [5.74, 6) is 0. The molecule has 5 heteroatoms. The minimum atomic E-state index is -1.48. The zero-order valence-corrected chi connectivity index (χ0v) is 33.2. The van der Waals surface area contributed by atoms with Crippen LogP contribution in [0.3, 0.4) is 0 Å². The fourth-order valence-corrected chi connectivity index (χ4v) is 10.7. The van der Waals surface area contributed by atoms with E-state index in [0.717, 1.165) is 33.1 Å². The quantitative estimate of drug-likeness (QED) is 0.163. The number of hydrogen-bond donors (Lipinski definition) is 0. The van der Waals surface area contributed by atoms with Gasteiger partial charge in [0.2, 0.25) is 0 Å². The van der Waals surface area contributed by atoms with E-state index in [1.54, 1.807) is 0 Å². The fraction of sp³-hybridized carbons (Fsp3) is 0.125. The van der Waals surface area contributed by atoms with Crippen molar-refractivity contribution < 1.29 is 4.42 Å². The van der Waals surface area contributed by atoms with Gasteiger partial charge in [-0.15, -0.1) is 0 Å². The first kappa shape index (κ1) is 32.1. The highest BCUT2D eigenvalue weighted by Gasteiger charge is 2.23. The van der Waals surface area contributed by atoms with Gasteiger partial charge in [-0.3, -0.25) is 0 Å². The zero-order valence-electron chi connectivity index (χ0n) is 31.2. The third-order valence-corrected chi connectivity index (χ3v) is 15.3. The number of fused-ring (bicyclic) bond motifs is 10. The second-order valence-electron chi connectivity index (χ2n) is 16.7. The van der Waals surface area contributed by atoms with Crippen molar-refractivity contribution in [3.05, 3.63) is 146 Å². The summed E-state index contributed by atoms with van der Waals surface area (Å²) < 4.78 is 11.4. The molecule has 0 fully saturated rings. The molecule has 0 atom stereocenters. The van der Waals surface area contributed by atoms with Gasteiger partial charge in [0.25, 0.3) is 0 Å². The molecular weight excluding hydrogens is 677 g/mol. The van der Waals surface area contributed by atoms with E-state index in [9.17, 15) is 0 Å². The Hall–Kier alpha value is -5.63. The Balaban J connectivity index is 1.07. The molecule has 0 saturated carbocycles. The van der Waals surface area contributed by atoms with Gasteiger partial charge in [-0.25, -0.2) is 0 Å². The van der Waals surface area contributed by atoms with Crippen LogP contribution in [0.2, 0.25) is 39.3 Å². The number of furan rings is 1. The summed E-state index contributed by atoms with van der Waals surface area (Å²) in [6.45, 7) is 14.6. The molecule has 10 rings (SSSR count). The molecule has 3 heterocycles. The van der Waals surface area contributed by atoms with Crippen LogP contribution in [0, 0.1) is 0 Å². The van der Waals surface area contributed by atoms with Gasteiger partial charge in [0, 0.05) is 43.7 Å². The smallest absolute Gasteiger partial charge is 0.160 e. The second kappa shape index (κ2) is 11.4. The van der Waals surface area contributed by atoms with Crippen LogP contribution in [0.4, 0.5) is 0 Å². The maximum Gasteiger partial charge on any atom is 0.160 e. The van der Waals surface area contributed by atoms with Crippen molar-refractivity contribution >= 4 is 92.1 Å². The number of nitrogens with zero attached hydrogens (tertiary/aromatic N) is 2. The third-order valence-electron chi connectivity index (χ3n) is 11.3. The van der Waals surface area contributed by atoms with Gasteiger partial charge >= 0.3 is 0 Å². The van der Waals surface area contributed by atoms with Crippen LogP contribution < -0.4 is 10.4 Å². The summed E-state index contributed by atoms with van der Waals surface area (Å²) in [5.41, 5.74) is 11.4. The Morgan fingerprint density at radius 2 is 0.887 bits per heavy atom. The number of rotatable bonds is 5. The van der Waals surface area contributed by atoms with Crippen molar-refractivity contribution in [2.75, 3.05) is 0 Å². The molecule has 0 N–H and O–H groups in total. The average Bonchev–Trinajstić information content (AvgIpc) is 3.81. The lowest BCUT2D eigenvalue weighted by Gasteiger charge is -2.17. The second-order valence-corrected chi connectivity index (χ2v) is 26.8. The van der Waals surface area contributed by atoms with E-state index in [0.29, 0.717) is 0 Å². The van der Waals surface area contributed by atoms with E-state index in [1.807, 2.05) is 6.07 Å². The molecule has 0 amide bonds. The third kappa shape index (κ3) is 4.98. The maximum absolute atomic E-state index is 6.57. The minimum Gasteiger partial charge on any atom is -0.454 e. The Morgan fingerprint density at radius 3 is 1.47 bits per heavy atom. The highest BCUT2D eigenvalue weighted by molar-refractivity contribution is 6.89. The SMILES string of the molecule is C[Si](C)(C)c1ccc2c(c1)c1cc([Si](C)(C)C)ccc1n2-c1ccc(-c2ccc(-n3c4ccccc4c4ccc5c6ccccc6oc5c43)cc2)cc1. The van der Waals surface area contributed by atoms with Crippen molar-refractivity contribution in [3.8, 4) is 22.5 Å². The first-order valence-electron chi connectivity index (χ1n) is 18.7. The lowest BCUT2D eigenvalue weighted by molar-refractivity contribution is 0.671. The predicted octanol–water partition coefficient (Wildman–Crippen LogP) is 12.5. The van der Waals surface area contributed by atoms with Gasteiger partial charge in [-0.1, -0.05) is 141 Å². The van der Waals surface area contributed by atoms with E-state index in [4.69, 9.17) is 4.42 Å². The van der Waals surface area contributed by atoms with E-state index >= 15 is 0 Å². The van der Waals surface area contributed by atoms with E-state index < -0.39 is 16.1 Å². The van der Waals surface area contributed by atoms with Crippen molar-refractivity contribution in [1.82, 2.24) is 9.13 Å². The van der Waals surface area contributed by atoms with Gasteiger partial charge in [-0.05, 0) is 65.7 Å². The van der Waals surface area contributed by atoms with Crippen LogP contribution in [-0.4, -0.2) is 25.3 Å². The number of aromatic nitrogens is 2. The maximum atomic E-state index is 6.57. The van der Waals surface area contributed by atoms with Crippen LogP contribution in [-0.2, 0) is 0 Å². The molecule has 7 aromatic carbocycles. The average molecular weight is 719 g/mol. The largest absolute Gasteiger partial charge is 0.454 e. The molecule has 3 nitrogen and oxygen atoms in total. The van der Waals surface area contributed by atoms with E-state index in [-0.39, 0.29) is 0 Å². The van der Waals surface area contributed by atoms with E-state index in [1.165, 1.54) is 65.3 Å². The number of para-hydroxylation sites is 2. The first-order valence-corrected chi connectivity index (χ1v) is 25.7. The molecule has 0 aliphatic carbocycles. The molecule has 0 spiro atoms. The van der Waals surface area contributed by atoms with Gasteiger partial charge in [0.15, 0.2) is 5.58 Å². The van der Waals surface area contributed by atoms with Crippen molar-refractivity contribution in [3.63, 3.8) is 0 Å². The first-order chi connectivity index (χ1) is 25.5. The molecular formula is C48H42N2OSi2. The molecule has 10 aromatic rings. The van der Waals surface area contributed by atoms with Gasteiger partial charge in [-0.2, -0.15) is 0 Å². The number of benzene rings is 7. The highest BCUT2D eigenvalue weighted by Crippen LogP contribution is 2.40. The fourth-order valence-electron chi connectivity index (χ4n) is 8.34. The summed E-state index contributed by atoms with van der Waals surface area (Å²) in [6.07, 6.45) is 0. The summed E-state index contributed by atoms with van der Waals surface area (Å²) >= 11 is 0. The molecule has 53 heavy (non-hydrogen) atoms. The Kier molecular flexibility index (Phi) is 6.92. The topological polar surface area (TPSA) is 23.0 Å². The molecule has 0 saturated heterocycles. The standard InChI is InChI=1S/C48H42N2OSi2/c1-52(2,3)35-23-27-44-41(29-35)42-30-36(53(4,5)6)24-28-45(42)49(44)33-19-15-31(16-20-33)32-17-21-34(22-18-32)50-43-13-9-7-11-37(43)39-25-26-40-38-12-8-10-14-46(38)51-48(40)47(39)50/h7-30H,1-6H3. The van der Waals surface area contributed by atoms with Gasteiger partial charge < -0.3 is 13.6 Å². The molecule has 0 radical (unpaired) electrons. The Bertz CT molecular complexity index is 2980. The minimum absolute atomic E-state index is 0.916. The molecule has 0 unspecified atom stereocenters. The lowest BCUT2D eigenvalue weighted by Crippen LogP contribution is -2.37. The van der Waals surface area contributed by atoms with Crippen molar-refractivity contribution in [2.24, 2.45) is 0 Å². The van der Waals surface area contributed by atoms with Crippen LogP contribution in [0.25, 0.3) is 88.1 Å². The summed E-state index contributed by atoms with van der Waals surface area (Å²) in [5, 5.41) is 10.5. The molecule has 0 aliphatic heterocycles. The molecule has 3 aromatic heterocycles. The monoisotopic (exact) mass is 718 g/mol. The van der Waals surface area contributed by atoms with Crippen molar-refractivity contribution in [2.45, 2.75) is 39.3 Å². The predicted molar refractivity (Wildman–Crippen MR) is 234 cm³/mol. The summed E-state index contributed by atoms with van der Waals surface area (Å²) in [4.78, 5) is 0. The molecule has 258 valence electrons. The number of hydrogen-bond acceptors (Lipinski definition) is 1. The van der Waals surface area contributed by atoms with Crippen LogP contribution in [0.15, 0.2) is 150 Å². The molecule has 0 bridgehead atoms. The highest BCUT2D eigenvalue weighted by atomic mass is 28.3.